The zero-order valence-corrected chi connectivity index (χ0v) is 20.0. The van der Waals surface area contributed by atoms with Gasteiger partial charge >= 0.3 is 0 Å². The van der Waals surface area contributed by atoms with Gasteiger partial charge in [-0.25, -0.2) is 0 Å². The van der Waals surface area contributed by atoms with Crippen LogP contribution in [-0.2, 0) is 20.9 Å². The molecular weight excluding hydrogens is 430 g/mol. The van der Waals surface area contributed by atoms with Crippen molar-refractivity contribution in [3.63, 3.8) is 0 Å². The summed E-state index contributed by atoms with van der Waals surface area (Å²) in [4.78, 5) is 39.5. The molecule has 0 radical (unpaired) electrons. The van der Waals surface area contributed by atoms with E-state index in [2.05, 4.69) is 5.32 Å². The molecule has 1 aliphatic heterocycles. The molecule has 0 spiro atoms. The third-order valence-corrected chi connectivity index (χ3v) is 5.92. The predicted molar refractivity (Wildman–Crippen MR) is 131 cm³/mol. The number of carbonyl (C=O) groups is 3. The fourth-order valence-corrected chi connectivity index (χ4v) is 4.33. The zero-order valence-electron chi connectivity index (χ0n) is 20.0. The highest BCUT2D eigenvalue weighted by atomic mass is 16.5. The van der Waals surface area contributed by atoms with Crippen LogP contribution in [-0.4, -0.2) is 35.2 Å². The second kappa shape index (κ2) is 12.2. The van der Waals surface area contributed by atoms with Crippen LogP contribution >= 0.6 is 0 Å². The fourth-order valence-electron chi connectivity index (χ4n) is 4.33. The summed E-state index contributed by atoms with van der Waals surface area (Å²) in [5.74, 6) is 0.301. The Labute approximate surface area is 201 Å². The molecule has 0 aromatic heterocycles. The molecule has 7 heteroatoms. The molecule has 3 amide bonds. The van der Waals surface area contributed by atoms with Gasteiger partial charge in [-0.05, 0) is 61.4 Å². The van der Waals surface area contributed by atoms with Crippen molar-refractivity contribution in [3.8, 4) is 11.5 Å². The molecule has 0 saturated carbocycles. The minimum absolute atomic E-state index is 0.0111. The SMILES string of the molecule is CC(C)C[C@H](CC(N)=O)C(=O)NC1CCCCN(Cc2cccc(Oc3ccccc3)c2)C1=O. The van der Waals surface area contributed by atoms with Gasteiger partial charge in [0.25, 0.3) is 0 Å². The maximum Gasteiger partial charge on any atom is 0.245 e. The van der Waals surface area contributed by atoms with Gasteiger partial charge in [0.2, 0.25) is 17.7 Å². The Morgan fingerprint density at radius 3 is 2.53 bits per heavy atom. The van der Waals surface area contributed by atoms with Gasteiger partial charge < -0.3 is 20.7 Å². The van der Waals surface area contributed by atoms with Crippen LogP contribution in [0.1, 0.15) is 51.5 Å². The summed E-state index contributed by atoms with van der Waals surface area (Å²) in [5.41, 5.74) is 6.32. The van der Waals surface area contributed by atoms with E-state index in [0.717, 1.165) is 24.2 Å². The average Bonchev–Trinajstić information content (AvgIpc) is 2.95. The largest absolute Gasteiger partial charge is 0.457 e. The van der Waals surface area contributed by atoms with E-state index < -0.39 is 17.9 Å². The van der Waals surface area contributed by atoms with Crippen LogP contribution in [0.15, 0.2) is 54.6 Å². The number of amides is 3. The number of para-hydroxylation sites is 1. The van der Waals surface area contributed by atoms with Crippen molar-refractivity contribution in [2.45, 2.75) is 58.5 Å². The Balaban J connectivity index is 1.67. The van der Waals surface area contributed by atoms with Crippen LogP contribution in [0, 0.1) is 11.8 Å². The summed E-state index contributed by atoms with van der Waals surface area (Å²) in [7, 11) is 0. The van der Waals surface area contributed by atoms with Gasteiger partial charge in [0.05, 0.1) is 0 Å². The van der Waals surface area contributed by atoms with Crippen LogP contribution in [0.3, 0.4) is 0 Å². The molecule has 2 aromatic carbocycles. The minimum atomic E-state index is -0.596. The molecule has 0 aliphatic carbocycles. The highest BCUT2D eigenvalue weighted by Gasteiger charge is 2.31. The summed E-state index contributed by atoms with van der Waals surface area (Å²) in [6, 6.07) is 16.7. The Hall–Kier alpha value is -3.35. The van der Waals surface area contributed by atoms with Crippen molar-refractivity contribution in [2.24, 2.45) is 17.6 Å². The molecule has 2 atom stereocenters. The first-order chi connectivity index (χ1) is 16.3. The van der Waals surface area contributed by atoms with Crippen molar-refractivity contribution in [1.29, 1.82) is 0 Å². The number of carbonyl (C=O) groups excluding carboxylic acids is 3. The maximum atomic E-state index is 13.3. The second-order valence-corrected chi connectivity index (χ2v) is 9.38. The fraction of sp³-hybridized carbons (Fsp3) is 0.444. The lowest BCUT2D eigenvalue weighted by Crippen LogP contribution is -2.49. The van der Waals surface area contributed by atoms with Gasteiger partial charge in [-0.2, -0.15) is 0 Å². The van der Waals surface area contributed by atoms with Crippen LogP contribution in [0.2, 0.25) is 0 Å². The summed E-state index contributed by atoms with van der Waals surface area (Å²) in [6.07, 6.45) is 2.84. The van der Waals surface area contributed by atoms with E-state index in [1.54, 1.807) is 4.90 Å². The first kappa shape index (κ1) is 25.3. The normalized spacial score (nSPS) is 17.2. The monoisotopic (exact) mass is 465 g/mol. The van der Waals surface area contributed by atoms with Gasteiger partial charge in [-0.15, -0.1) is 0 Å². The van der Waals surface area contributed by atoms with Gasteiger partial charge in [0, 0.05) is 25.4 Å². The molecule has 1 unspecified atom stereocenters. The van der Waals surface area contributed by atoms with E-state index in [9.17, 15) is 14.4 Å². The quantitative estimate of drug-likeness (QED) is 0.553. The Morgan fingerprint density at radius 1 is 1.09 bits per heavy atom. The number of primary amides is 1. The lowest BCUT2D eigenvalue weighted by atomic mass is 9.92. The number of likely N-dealkylation sites (tertiary alicyclic amines) is 1. The number of nitrogens with two attached hydrogens (primary N) is 1. The predicted octanol–water partition coefficient (Wildman–Crippen LogP) is 4.01. The Kier molecular flexibility index (Phi) is 9.08. The van der Waals surface area contributed by atoms with Crippen molar-refractivity contribution in [1.82, 2.24) is 10.2 Å². The molecule has 0 bridgehead atoms. The number of ether oxygens (including phenoxy) is 1. The third-order valence-electron chi connectivity index (χ3n) is 5.92. The van der Waals surface area contributed by atoms with Crippen molar-refractivity contribution < 1.29 is 19.1 Å². The summed E-state index contributed by atoms with van der Waals surface area (Å²) >= 11 is 0. The molecule has 1 fully saturated rings. The van der Waals surface area contributed by atoms with Crippen LogP contribution in [0.4, 0.5) is 0 Å². The van der Waals surface area contributed by atoms with E-state index in [1.165, 1.54) is 0 Å². The van der Waals surface area contributed by atoms with E-state index in [0.29, 0.717) is 31.7 Å². The van der Waals surface area contributed by atoms with Gasteiger partial charge in [0.1, 0.15) is 17.5 Å². The van der Waals surface area contributed by atoms with Crippen LogP contribution < -0.4 is 15.8 Å². The molecule has 1 saturated heterocycles. The van der Waals surface area contributed by atoms with E-state index in [4.69, 9.17) is 10.5 Å². The number of rotatable bonds is 10. The summed E-state index contributed by atoms with van der Waals surface area (Å²) < 4.78 is 5.92. The first-order valence-electron chi connectivity index (χ1n) is 12.0. The molecule has 182 valence electrons. The third kappa shape index (κ3) is 7.61. The molecule has 34 heavy (non-hydrogen) atoms. The van der Waals surface area contributed by atoms with E-state index in [-0.39, 0.29) is 24.2 Å². The molecule has 2 aromatic rings. The number of hydrogen-bond acceptors (Lipinski definition) is 4. The summed E-state index contributed by atoms with van der Waals surface area (Å²) in [5, 5.41) is 2.92. The Bertz CT molecular complexity index is 977. The molecule has 1 aliphatic rings. The number of nitrogens with one attached hydrogen (secondary N) is 1. The first-order valence-corrected chi connectivity index (χ1v) is 12.0. The van der Waals surface area contributed by atoms with E-state index in [1.807, 2.05) is 68.4 Å². The minimum Gasteiger partial charge on any atom is -0.457 e. The topological polar surface area (TPSA) is 102 Å². The standard InChI is InChI=1S/C27H35N3O4/c1-19(2)15-21(17-25(28)31)26(32)29-24-13-6-7-14-30(27(24)33)18-20-9-8-12-23(16-20)34-22-10-4-3-5-11-22/h3-5,8-12,16,19,21,24H,6-7,13-15,17-18H2,1-2H3,(H2,28,31)(H,29,32)/t21-,24?/m1/s1. The number of benzene rings is 2. The van der Waals surface area contributed by atoms with Gasteiger partial charge in [-0.1, -0.05) is 44.2 Å². The van der Waals surface area contributed by atoms with E-state index >= 15 is 0 Å². The number of hydrogen-bond donors (Lipinski definition) is 2. The van der Waals surface area contributed by atoms with Crippen molar-refractivity contribution >= 4 is 17.7 Å². The Morgan fingerprint density at radius 2 is 1.82 bits per heavy atom. The second-order valence-electron chi connectivity index (χ2n) is 9.38. The smallest absolute Gasteiger partial charge is 0.245 e. The average molecular weight is 466 g/mol. The highest BCUT2D eigenvalue weighted by molar-refractivity contribution is 5.90. The molecular formula is C27H35N3O4. The van der Waals surface area contributed by atoms with Crippen LogP contribution in [0.25, 0.3) is 0 Å². The molecule has 7 nitrogen and oxygen atoms in total. The van der Waals surface area contributed by atoms with Gasteiger partial charge in [0.15, 0.2) is 0 Å². The van der Waals surface area contributed by atoms with Gasteiger partial charge in [-0.3, -0.25) is 14.4 Å². The molecule has 1 heterocycles. The zero-order chi connectivity index (χ0) is 24.5. The van der Waals surface area contributed by atoms with Crippen LogP contribution in [0.5, 0.6) is 11.5 Å². The lowest BCUT2D eigenvalue weighted by Gasteiger charge is -2.26. The number of nitrogens with zero attached hydrogens (tertiary/aromatic N) is 1. The molecule has 3 N–H and O–H groups in total. The van der Waals surface area contributed by atoms with Crippen molar-refractivity contribution in [3.05, 3.63) is 60.2 Å². The maximum absolute atomic E-state index is 13.3. The lowest BCUT2D eigenvalue weighted by molar-refractivity contribution is -0.138. The summed E-state index contributed by atoms with van der Waals surface area (Å²) in [6.45, 7) is 5.06. The van der Waals surface area contributed by atoms with Crippen molar-refractivity contribution in [2.75, 3.05) is 6.54 Å². The molecule has 3 rings (SSSR count). The highest BCUT2D eigenvalue weighted by Crippen LogP contribution is 2.24.